The van der Waals surface area contributed by atoms with E-state index in [1.54, 1.807) is 6.42 Å². The lowest BCUT2D eigenvalue weighted by molar-refractivity contribution is 0.215. The van der Waals surface area contributed by atoms with E-state index in [1.165, 1.54) is 32.4 Å². The molecule has 86 valence electrons. The third kappa shape index (κ3) is 1.83. The Labute approximate surface area is 93.2 Å². The highest BCUT2D eigenvalue weighted by molar-refractivity contribution is 4.93. The molecule has 3 rings (SSSR count). The molecule has 1 heterocycles. The van der Waals surface area contributed by atoms with Gasteiger partial charge in [0.2, 0.25) is 0 Å². The topological polar surface area (TPSA) is 29.3 Å². The smallest absolute Gasteiger partial charge is 0.0206 e. The predicted molar refractivity (Wildman–Crippen MR) is 62.5 cm³/mol. The van der Waals surface area contributed by atoms with Gasteiger partial charge in [-0.3, -0.25) is 0 Å². The standard InChI is InChI=1S/C13H24N2/c1-9-6-15(8-13(9)14)7-12-5-10-2-3-11(12)4-10/h9-13H,2-8,14H2,1H3. The van der Waals surface area contributed by atoms with Gasteiger partial charge >= 0.3 is 0 Å². The Morgan fingerprint density at radius 2 is 2.07 bits per heavy atom. The van der Waals surface area contributed by atoms with Crippen molar-refractivity contribution in [1.82, 2.24) is 4.90 Å². The summed E-state index contributed by atoms with van der Waals surface area (Å²) in [6.07, 6.45) is 6.10. The van der Waals surface area contributed by atoms with Crippen molar-refractivity contribution in [2.45, 2.75) is 38.6 Å². The SMILES string of the molecule is CC1CN(CC2CC3CCC2C3)CC1N. The Morgan fingerprint density at radius 1 is 1.20 bits per heavy atom. The van der Waals surface area contributed by atoms with E-state index in [0.29, 0.717) is 12.0 Å². The Morgan fingerprint density at radius 3 is 2.60 bits per heavy atom. The first-order valence-electron chi connectivity index (χ1n) is 6.70. The van der Waals surface area contributed by atoms with Gasteiger partial charge in [-0.05, 0) is 42.9 Å². The van der Waals surface area contributed by atoms with Crippen LogP contribution in [0.1, 0.15) is 32.6 Å². The fourth-order valence-corrected chi connectivity index (χ4v) is 4.18. The van der Waals surface area contributed by atoms with Gasteiger partial charge in [0.25, 0.3) is 0 Å². The van der Waals surface area contributed by atoms with Crippen LogP contribution in [0.4, 0.5) is 0 Å². The molecule has 0 radical (unpaired) electrons. The fraction of sp³-hybridized carbons (Fsp3) is 1.00. The molecule has 0 aromatic carbocycles. The molecule has 2 bridgehead atoms. The summed E-state index contributed by atoms with van der Waals surface area (Å²) in [4.78, 5) is 2.63. The third-order valence-corrected chi connectivity index (χ3v) is 5.12. The zero-order valence-corrected chi connectivity index (χ0v) is 9.86. The van der Waals surface area contributed by atoms with Crippen molar-refractivity contribution in [3.05, 3.63) is 0 Å². The van der Waals surface area contributed by atoms with Gasteiger partial charge in [0.15, 0.2) is 0 Å². The van der Waals surface area contributed by atoms with Crippen LogP contribution < -0.4 is 5.73 Å². The summed E-state index contributed by atoms with van der Waals surface area (Å²) in [6, 6.07) is 0.434. The molecule has 2 heteroatoms. The van der Waals surface area contributed by atoms with Crippen molar-refractivity contribution in [3.63, 3.8) is 0 Å². The first kappa shape index (κ1) is 10.1. The number of hydrogen-bond acceptors (Lipinski definition) is 2. The van der Waals surface area contributed by atoms with Gasteiger partial charge in [-0.25, -0.2) is 0 Å². The molecule has 0 aromatic heterocycles. The first-order chi connectivity index (χ1) is 7.22. The Balaban J connectivity index is 1.54. The van der Waals surface area contributed by atoms with Crippen LogP contribution in [-0.4, -0.2) is 30.6 Å². The number of fused-ring (bicyclic) bond motifs is 2. The molecule has 0 aromatic rings. The van der Waals surface area contributed by atoms with Crippen LogP contribution in [0.2, 0.25) is 0 Å². The van der Waals surface area contributed by atoms with Gasteiger partial charge in [-0.15, -0.1) is 0 Å². The van der Waals surface area contributed by atoms with Crippen LogP contribution in [0.5, 0.6) is 0 Å². The van der Waals surface area contributed by atoms with Crippen molar-refractivity contribution in [3.8, 4) is 0 Å². The van der Waals surface area contributed by atoms with E-state index in [-0.39, 0.29) is 0 Å². The minimum Gasteiger partial charge on any atom is -0.326 e. The quantitative estimate of drug-likeness (QED) is 0.748. The molecule has 3 aliphatic rings. The van der Waals surface area contributed by atoms with Gasteiger partial charge < -0.3 is 10.6 Å². The lowest BCUT2D eigenvalue weighted by Gasteiger charge is -2.26. The average Bonchev–Trinajstić information content (AvgIpc) is 2.84. The Hall–Kier alpha value is -0.0800. The summed E-state index contributed by atoms with van der Waals surface area (Å²) < 4.78 is 0. The summed E-state index contributed by atoms with van der Waals surface area (Å²) in [6.45, 7) is 6.04. The monoisotopic (exact) mass is 208 g/mol. The molecule has 2 aliphatic carbocycles. The minimum absolute atomic E-state index is 0.434. The Bertz CT molecular complexity index is 231. The second kappa shape index (κ2) is 3.74. The molecule has 2 nitrogen and oxygen atoms in total. The van der Waals surface area contributed by atoms with E-state index in [0.717, 1.165) is 24.3 Å². The lowest BCUT2D eigenvalue weighted by Crippen LogP contribution is -2.32. The lowest BCUT2D eigenvalue weighted by atomic mass is 9.88. The average molecular weight is 208 g/mol. The van der Waals surface area contributed by atoms with Crippen molar-refractivity contribution >= 4 is 0 Å². The van der Waals surface area contributed by atoms with Gasteiger partial charge in [0.05, 0.1) is 0 Å². The second-order valence-corrected chi connectivity index (χ2v) is 6.29. The summed E-state index contributed by atoms with van der Waals surface area (Å²) in [7, 11) is 0. The van der Waals surface area contributed by atoms with Crippen LogP contribution in [0, 0.1) is 23.7 Å². The molecule has 5 unspecified atom stereocenters. The molecule has 2 N–H and O–H groups in total. The molecule has 2 saturated carbocycles. The molecule has 15 heavy (non-hydrogen) atoms. The van der Waals surface area contributed by atoms with Gasteiger partial charge in [-0.2, -0.15) is 0 Å². The van der Waals surface area contributed by atoms with E-state index in [1.807, 2.05) is 0 Å². The minimum atomic E-state index is 0.434. The molecular weight excluding hydrogens is 184 g/mol. The van der Waals surface area contributed by atoms with Crippen molar-refractivity contribution in [2.24, 2.45) is 29.4 Å². The zero-order chi connectivity index (χ0) is 10.4. The number of rotatable bonds is 2. The largest absolute Gasteiger partial charge is 0.326 e. The molecule has 3 fully saturated rings. The highest BCUT2D eigenvalue weighted by Gasteiger charge is 2.41. The number of nitrogens with two attached hydrogens (primary N) is 1. The van der Waals surface area contributed by atoms with Crippen LogP contribution in [0.25, 0.3) is 0 Å². The molecule has 5 atom stereocenters. The fourth-order valence-electron chi connectivity index (χ4n) is 4.18. The van der Waals surface area contributed by atoms with E-state index in [2.05, 4.69) is 11.8 Å². The summed E-state index contributed by atoms with van der Waals surface area (Å²) in [5.41, 5.74) is 6.08. The van der Waals surface area contributed by atoms with Crippen molar-refractivity contribution in [2.75, 3.05) is 19.6 Å². The maximum Gasteiger partial charge on any atom is 0.0206 e. The molecule has 1 aliphatic heterocycles. The first-order valence-corrected chi connectivity index (χ1v) is 6.70. The van der Waals surface area contributed by atoms with Crippen LogP contribution in [0.3, 0.4) is 0 Å². The third-order valence-electron chi connectivity index (χ3n) is 5.12. The van der Waals surface area contributed by atoms with Crippen molar-refractivity contribution < 1.29 is 0 Å². The van der Waals surface area contributed by atoms with Gasteiger partial charge in [0.1, 0.15) is 0 Å². The van der Waals surface area contributed by atoms with Crippen LogP contribution in [0.15, 0.2) is 0 Å². The van der Waals surface area contributed by atoms with E-state index >= 15 is 0 Å². The molecule has 0 amide bonds. The summed E-state index contributed by atoms with van der Waals surface area (Å²) in [5, 5.41) is 0. The molecule has 0 spiro atoms. The van der Waals surface area contributed by atoms with Gasteiger partial charge in [-0.1, -0.05) is 13.3 Å². The highest BCUT2D eigenvalue weighted by atomic mass is 15.2. The molecular formula is C13H24N2. The number of likely N-dealkylation sites (tertiary alicyclic amines) is 1. The number of nitrogens with zero attached hydrogens (tertiary/aromatic N) is 1. The molecule has 1 saturated heterocycles. The van der Waals surface area contributed by atoms with Gasteiger partial charge in [0, 0.05) is 25.7 Å². The van der Waals surface area contributed by atoms with Crippen LogP contribution in [-0.2, 0) is 0 Å². The zero-order valence-electron chi connectivity index (χ0n) is 9.86. The second-order valence-electron chi connectivity index (χ2n) is 6.29. The van der Waals surface area contributed by atoms with E-state index in [4.69, 9.17) is 5.73 Å². The van der Waals surface area contributed by atoms with E-state index in [9.17, 15) is 0 Å². The van der Waals surface area contributed by atoms with Crippen LogP contribution >= 0.6 is 0 Å². The summed E-state index contributed by atoms with van der Waals surface area (Å²) >= 11 is 0. The summed E-state index contributed by atoms with van der Waals surface area (Å²) in [5.74, 6) is 3.89. The normalized spacial score (nSPS) is 50.4. The number of hydrogen-bond donors (Lipinski definition) is 1. The Kier molecular flexibility index (Phi) is 2.52. The predicted octanol–water partition coefficient (Wildman–Crippen LogP) is 1.70. The maximum absolute atomic E-state index is 6.08. The van der Waals surface area contributed by atoms with Crippen molar-refractivity contribution in [1.29, 1.82) is 0 Å². The highest BCUT2D eigenvalue weighted by Crippen LogP contribution is 2.48. The maximum atomic E-state index is 6.08. The van der Waals surface area contributed by atoms with E-state index < -0.39 is 0 Å².